The molecule has 256 valence electrons. The van der Waals surface area contributed by atoms with E-state index in [1.165, 1.54) is 0 Å². The van der Waals surface area contributed by atoms with E-state index in [9.17, 15) is 9.59 Å². The van der Waals surface area contributed by atoms with Crippen LogP contribution in [0.1, 0.15) is 62.8 Å². The first-order valence-electron chi connectivity index (χ1n) is 17.0. The monoisotopic (exact) mass is 678 g/mol. The van der Waals surface area contributed by atoms with Gasteiger partial charge in [-0.2, -0.15) is 0 Å². The van der Waals surface area contributed by atoms with Crippen LogP contribution in [0.2, 0.25) is 0 Å². The van der Waals surface area contributed by atoms with Crippen LogP contribution >= 0.6 is 0 Å². The Hall–Kier alpha value is -6.16. The highest BCUT2D eigenvalue weighted by molar-refractivity contribution is 5.97. The summed E-state index contributed by atoms with van der Waals surface area (Å²) in [6.07, 6.45) is 0. The molecule has 0 bridgehead atoms. The van der Waals surface area contributed by atoms with E-state index in [1.807, 2.05) is 111 Å². The predicted octanol–water partition coefficient (Wildman–Crippen LogP) is 8.96. The van der Waals surface area contributed by atoms with Crippen LogP contribution in [0.4, 0.5) is 21.0 Å². The van der Waals surface area contributed by atoms with E-state index in [4.69, 9.17) is 9.05 Å². The lowest BCUT2D eigenvalue weighted by molar-refractivity contribution is 0.200. The number of nitrogens with one attached hydrogen (secondary N) is 1. The minimum atomic E-state index is -0.318. The number of benzene rings is 4. The lowest BCUT2D eigenvalue weighted by Gasteiger charge is -2.41. The molecular formula is C41H38N6O4. The van der Waals surface area contributed by atoms with Crippen molar-refractivity contribution in [2.45, 2.75) is 46.3 Å². The van der Waals surface area contributed by atoms with E-state index in [-0.39, 0.29) is 24.1 Å². The van der Waals surface area contributed by atoms with Gasteiger partial charge in [-0.05, 0) is 79.8 Å². The zero-order chi connectivity index (χ0) is 35.6. The zero-order valence-corrected chi connectivity index (χ0v) is 29.4. The molecule has 4 heterocycles. The molecule has 4 amide bonds. The smallest absolute Gasteiger partial charge is 0.325 e. The first-order chi connectivity index (χ1) is 24.6. The fourth-order valence-electron chi connectivity index (χ4n) is 7.75. The lowest BCUT2D eigenvalue weighted by Crippen LogP contribution is -2.47. The topological polar surface area (TPSA) is 108 Å². The van der Waals surface area contributed by atoms with Gasteiger partial charge in [-0.25, -0.2) is 9.59 Å². The average Bonchev–Trinajstić information content (AvgIpc) is 3.66. The fraction of sp³-hybridized carbons (Fsp3) is 0.220. The molecule has 2 aromatic heterocycles. The molecule has 8 rings (SSSR count). The molecule has 10 heteroatoms. The van der Waals surface area contributed by atoms with Gasteiger partial charge in [0.25, 0.3) is 0 Å². The Labute approximate surface area is 296 Å². The minimum Gasteiger partial charge on any atom is -0.361 e. The summed E-state index contributed by atoms with van der Waals surface area (Å²) in [7, 11) is 3.67. The quantitative estimate of drug-likeness (QED) is 0.188. The Balaban J connectivity index is 1.15. The molecule has 51 heavy (non-hydrogen) atoms. The number of anilines is 2. The summed E-state index contributed by atoms with van der Waals surface area (Å²) in [5.41, 5.74) is 12.1. The van der Waals surface area contributed by atoms with Gasteiger partial charge in [-0.15, -0.1) is 0 Å². The largest absolute Gasteiger partial charge is 0.361 e. The molecule has 0 radical (unpaired) electrons. The van der Waals surface area contributed by atoms with Gasteiger partial charge in [0.2, 0.25) is 0 Å². The number of amides is 4. The van der Waals surface area contributed by atoms with Crippen LogP contribution in [0.3, 0.4) is 0 Å². The van der Waals surface area contributed by atoms with Crippen LogP contribution in [0.25, 0.3) is 22.3 Å². The van der Waals surface area contributed by atoms with Crippen LogP contribution < -0.4 is 10.2 Å². The van der Waals surface area contributed by atoms with Gasteiger partial charge < -0.3 is 24.2 Å². The van der Waals surface area contributed by atoms with Gasteiger partial charge in [0.1, 0.15) is 11.5 Å². The third-order valence-electron chi connectivity index (χ3n) is 10.2. The number of fused-ring (bicyclic) bond motifs is 2. The first kappa shape index (κ1) is 32.1. The molecular weight excluding hydrogens is 640 g/mol. The first-order valence-corrected chi connectivity index (χ1v) is 17.0. The van der Waals surface area contributed by atoms with E-state index in [2.05, 4.69) is 39.9 Å². The van der Waals surface area contributed by atoms with Gasteiger partial charge in [0.05, 0.1) is 35.7 Å². The van der Waals surface area contributed by atoms with Gasteiger partial charge in [-0.3, -0.25) is 4.90 Å². The number of nitrogens with zero attached hydrogens (tertiary/aromatic N) is 5. The van der Waals surface area contributed by atoms with Crippen LogP contribution in [0.15, 0.2) is 100 Å². The van der Waals surface area contributed by atoms with E-state index >= 15 is 0 Å². The summed E-state index contributed by atoms with van der Waals surface area (Å²) in [5.74, 6) is 1.50. The van der Waals surface area contributed by atoms with Crippen molar-refractivity contribution < 1.29 is 18.6 Å². The van der Waals surface area contributed by atoms with Crippen molar-refractivity contribution in [3.63, 3.8) is 0 Å². The molecule has 10 nitrogen and oxygen atoms in total. The lowest BCUT2D eigenvalue weighted by atomic mass is 9.89. The van der Waals surface area contributed by atoms with Crippen molar-refractivity contribution in [1.29, 1.82) is 0 Å². The van der Waals surface area contributed by atoms with Crippen molar-refractivity contribution in [1.82, 2.24) is 20.1 Å². The number of urea groups is 2. The maximum atomic E-state index is 14.2. The third-order valence-corrected chi connectivity index (χ3v) is 10.2. The standard InChI is InChI=1S/C41H38N6O4/c1-23-36(25(3)50-43-23)30-16-18-34-32(20-30)38(45(5)40(48)42-34)29-14-12-27(13-15-29)22-47-35-19-17-31(37-24(2)44-51-26(37)4)21-33(35)39(46(6)41(47)49)28-10-8-7-9-11-28/h7-21,38-39H,22H2,1-6H3,(H,42,48). The van der Waals surface area contributed by atoms with Crippen LogP contribution in [0, 0.1) is 27.7 Å². The second-order valence-corrected chi connectivity index (χ2v) is 13.5. The number of aromatic nitrogens is 2. The molecule has 6 aromatic rings. The van der Waals surface area contributed by atoms with Gasteiger partial charge in [0, 0.05) is 42.0 Å². The second-order valence-electron chi connectivity index (χ2n) is 13.5. The van der Waals surface area contributed by atoms with Gasteiger partial charge >= 0.3 is 12.1 Å². The number of hydrogen-bond donors (Lipinski definition) is 1. The number of carbonyl (C=O) groups excluding carboxylic acids is 2. The van der Waals surface area contributed by atoms with Crippen LogP contribution in [-0.2, 0) is 6.54 Å². The van der Waals surface area contributed by atoms with Crippen molar-refractivity contribution in [2.75, 3.05) is 24.3 Å². The SMILES string of the molecule is Cc1noc(C)c1-c1ccc2c(c1)C(c1ccc(CN3C(=O)N(C)C(c4ccccc4)c4cc(-c5c(C)noc5C)ccc43)cc1)N(C)C(=O)N2. The molecule has 2 aliphatic rings. The van der Waals surface area contributed by atoms with Crippen molar-refractivity contribution in [2.24, 2.45) is 0 Å². The van der Waals surface area contributed by atoms with E-state index in [1.54, 1.807) is 11.9 Å². The molecule has 0 fully saturated rings. The van der Waals surface area contributed by atoms with Crippen molar-refractivity contribution in [3.05, 3.63) is 142 Å². The van der Waals surface area contributed by atoms with E-state index < -0.39 is 0 Å². The Bertz CT molecular complexity index is 2270. The molecule has 0 spiro atoms. The summed E-state index contributed by atoms with van der Waals surface area (Å²) in [6, 6.07) is 29.7. The Morgan fingerprint density at radius 1 is 0.667 bits per heavy atom. The fourth-order valence-corrected chi connectivity index (χ4v) is 7.75. The predicted molar refractivity (Wildman–Crippen MR) is 196 cm³/mol. The third kappa shape index (κ3) is 5.34. The molecule has 0 saturated carbocycles. The summed E-state index contributed by atoms with van der Waals surface area (Å²) >= 11 is 0. The molecule has 1 N–H and O–H groups in total. The highest BCUT2D eigenvalue weighted by Crippen LogP contribution is 2.44. The number of carbonyl (C=O) groups is 2. The van der Waals surface area contributed by atoms with Crippen molar-refractivity contribution in [3.8, 4) is 22.3 Å². The van der Waals surface area contributed by atoms with E-state index in [0.29, 0.717) is 6.54 Å². The summed E-state index contributed by atoms with van der Waals surface area (Å²) in [6.45, 7) is 8.07. The molecule has 2 atom stereocenters. The average molecular weight is 679 g/mol. The number of aryl methyl sites for hydroxylation is 4. The molecule has 0 aliphatic carbocycles. The normalized spacial score (nSPS) is 17.0. The highest BCUT2D eigenvalue weighted by atomic mass is 16.5. The van der Waals surface area contributed by atoms with Crippen molar-refractivity contribution >= 4 is 23.4 Å². The highest BCUT2D eigenvalue weighted by Gasteiger charge is 2.37. The Morgan fingerprint density at radius 2 is 1.24 bits per heavy atom. The summed E-state index contributed by atoms with van der Waals surface area (Å²) < 4.78 is 11.0. The molecule has 2 aliphatic heterocycles. The van der Waals surface area contributed by atoms with E-state index in [0.717, 1.165) is 84.4 Å². The zero-order valence-electron chi connectivity index (χ0n) is 29.4. The van der Waals surface area contributed by atoms with Crippen LogP contribution in [-0.4, -0.2) is 46.3 Å². The molecule has 2 unspecified atom stereocenters. The summed E-state index contributed by atoms with van der Waals surface area (Å²) in [4.78, 5) is 32.6. The Morgan fingerprint density at radius 3 is 1.84 bits per heavy atom. The maximum Gasteiger partial charge on any atom is 0.325 e. The number of hydrogen-bond acceptors (Lipinski definition) is 6. The maximum absolute atomic E-state index is 14.2. The Kier molecular flexibility index (Phi) is 7.74. The second kappa shape index (κ2) is 12.3. The van der Waals surface area contributed by atoms with Gasteiger partial charge in [-0.1, -0.05) is 77.0 Å². The molecule has 0 saturated heterocycles. The number of rotatable bonds is 6. The van der Waals surface area contributed by atoms with Crippen LogP contribution in [0.5, 0.6) is 0 Å². The van der Waals surface area contributed by atoms with Gasteiger partial charge in [0.15, 0.2) is 0 Å². The minimum absolute atomic E-state index is 0.0880. The summed E-state index contributed by atoms with van der Waals surface area (Å²) in [5, 5.41) is 11.3. The molecule has 4 aromatic carbocycles.